The Morgan fingerprint density at radius 3 is 2.90 bits per heavy atom. The number of hydrogen-bond donors (Lipinski definition) is 1. The zero-order valence-corrected chi connectivity index (χ0v) is 12.4. The van der Waals surface area contributed by atoms with Gasteiger partial charge in [0, 0.05) is 12.2 Å². The number of nitrogens with zero attached hydrogens (tertiary/aromatic N) is 3. The van der Waals surface area contributed by atoms with E-state index in [9.17, 15) is 9.90 Å². The number of thioether (sulfide) groups is 1. The summed E-state index contributed by atoms with van der Waals surface area (Å²) in [5.74, 6) is -0.147. The molecule has 0 atom stereocenters. The minimum atomic E-state index is -1.02. The van der Waals surface area contributed by atoms with Crippen molar-refractivity contribution in [1.82, 2.24) is 15.0 Å². The molecule has 0 aliphatic carbocycles. The van der Waals surface area contributed by atoms with E-state index in [-0.39, 0.29) is 5.69 Å². The molecule has 5 nitrogen and oxygen atoms in total. The highest BCUT2D eigenvalue weighted by molar-refractivity contribution is 7.98. The Labute approximate surface area is 122 Å². The van der Waals surface area contributed by atoms with Crippen LogP contribution in [0.15, 0.2) is 24.3 Å². The van der Waals surface area contributed by atoms with E-state index in [1.54, 1.807) is 16.4 Å². The molecule has 106 valence electrons. The summed E-state index contributed by atoms with van der Waals surface area (Å²) in [6.07, 6.45) is 2.54. The van der Waals surface area contributed by atoms with Crippen LogP contribution in [0.5, 0.6) is 0 Å². The number of carbonyl (C=O) groups is 1. The lowest BCUT2D eigenvalue weighted by molar-refractivity contribution is 0.0689. The first kappa shape index (κ1) is 14.6. The predicted octanol–water partition coefficient (Wildman–Crippen LogP) is 2.24. The molecule has 2 aromatic rings. The van der Waals surface area contributed by atoms with Crippen LogP contribution in [0.1, 0.15) is 27.3 Å². The van der Waals surface area contributed by atoms with Crippen LogP contribution in [0.25, 0.3) is 0 Å². The molecule has 0 saturated carbocycles. The molecule has 20 heavy (non-hydrogen) atoms. The van der Waals surface area contributed by atoms with Crippen molar-refractivity contribution < 1.29 is 9.90 Å². The molecule has 0 bridgehead atoms. The summed E-state index contributed by atoms with van der Waals surface area (Å²) >= 11 is 1.70. The van der Waals surface area contributed by atoms with Gasteiger partial charge in [0.2, 0.25) is 0 Å². The summed E-state index contributed by atoms with van der Waals surface area (Å²) in [6, 6.07) is 8.04. The third kappa shape index (κ3) is 3.39. The topological polar surface area (TPSA) is 68.0 Å². The van der Waals surface area contributed by atoms with E-state index < -0.39 is 5.97 Å². The molecule has 0 amide bonds. The maximum absolute atomic E-state index is 11.2. The van der Waals surface area contributed by atoms with Crippen LogP contribution in [0.2, 0.25) is 0 Å². The second-order valence-corrected chi connectivity index (χ2v) is 5.56. The largest absolute Gasteiger partial charge is 0.476 e. The van der Waals surface area contributed by atoms with E-state index in [1.807, 2.05) is 31.4 Å². The van der Waals surface area contributed by atoms with Crippen molar-refractivity contribution in [3.63, 3.8) is 0 Å². The lowest BCUT2D eigenvalue weighted by Crippen LogP contribution is -2.10. The molecule has 1 aromatic carbocycles. The van der Waals surface area contributed by atoms with E-state index in [1.165, 1.54) is 0 Å². The molecule has 0 unspecified atom stereocenters. The quantitative estimate of drug-likeness (QED) is 0.884. The van der Waals surface area contributed by atoms with Gasteiger partial charge in [-0.3, -0.25) is 0 Å². The predicted molar refractivity (Wildman–Crippen MR) is 79.3 cm³/mol. The van der Waals surface area contributed by atoms with Crippen molar-refractivity contribution in [1.29, 1.82) is 0 Å². The summed E-state index contributed by atoms with van der Waals surface area (Å²) < 4.78 is 1.70. The van der Waals surface area contributed by atoms with E-state index in [4.69, 9.17) is 0 Å². The number of aryl methyl sites for hydroxylation is 2. The van der Waals surface area contributed by atoms with E-state index in [0.717, 1.165) is 16.9 Å². The molecule has 0 fully saturated rings. The molecule has 0 aliphatic rings. The van der Waals surface area contributed by atoms with Gasteiger partial charge < -0.3 is 5.11 Å². The minimum Gasteiger partial charge on any atom is -0.476 e. The molecular formula is C14H17N3O2S. The van der Waals surface area contributed by atoms with Crippen molar-refractivity contribution in [2.24, 2.45) is 0 Å². The Hall–Kier alpha value is -1.82. The molecule has 6 heteroatoms. The van der Waals surface area contributed by atoms with Gasteiger partial charge in [0.1, 0.15) is 0 Å². The van der Waals surface area contributed by atoms with E-state index >= 15 is 0 Å². The number of aromatic carboxylic acids is 1. The second-order valence-electron chi connectivity index (χ2n) is 4.57. The standard InChI is InChI=1S/C14H17N3O2S/c1-10-4-3-5-11(8-10)9-12-13(14(18)19)15-16-17(12)6-7-20-2/h3-5,8H,6-7,9H2,1-2H3,(H,18,19). The first-order valence-electron chi connectivity index (χ1n) is 6.32. The molecule has 2 rings (SSSR count). The molecule has 0 saturated heterocycles. The van der Waals surface area contributed by atoms with Crippen LogP contribution >= 0.6 is 11.8 Å². The number of aromatic nitrogens is 3. The summed E-state index contributed by atoms with van der Waals surface area (Å²) in [4.78, 5) is 11.2. The Kier molecular flexibility index (Phi) is 4.79. The van der Waals surface area contributed by atoms with Crippen molar-refractivity contribution in [3.05, 3.63) is 46.8 Å². The molecule has 1 N–H and O–H groups in total. The summed E-state index contributed by atoms with van der Waals surface area (Å²) in [5, 5.41) is 17.0. The van der Waals surface area contributed by atoms with Gasteiger partial charge in [0.25, 0.3) is 0 Å². The van der Waals surface area contributed by atoms with Crippen LogP contribution in [0.3, 0.4) is 0 Å². The van der Waals surface area contributed by atoms with Crippen LogP contribution in [-0.2, 0) is 13.0 Å². The maximum atomic E-state index is 11.2. The van der Waals surface area contributed by atoms with Gasteiger partial charge in [-0.25, -0.2) is 9.48 Å². The van der Waals surface area contributed by atoms with Gasteiger partial charge in [-0.1, -0.05) is 35.0 Å². The Bertz CT molecular complexity index is 610. The first-order chi connectivity index (χ1) is 9.61. The highest BCUT2D eigenvalue weighted by Gasteiger charge is 2.19. The van der Waals surface area contributed by atoms with Gasteiger partial charge in [0.05, 0.1) is 12.2 Å². The molecular weight excluding hydrogens is 274 g/mol. The molecule has 0 radical (unpaired) electrons. The average molecular weight is 291 g/mol. The third-order valence-corrected chi connectivity index (χ3v) is 3.59. The zero-order valence-electron chi connectivity index (χ0n) is 11.5. The first-order valence-corrected chi connectivity index (χ1v) is 7.71. The van der Waals surface area contributed by atoms with Crippen LogP contribution in [0.4, 0.5) is 0 Å². The highest BCUT2D eigenvalue weighted by atomic mass is 32.2. The van der Waals surface area contributed by atoms with Crippen LogP contribution in [0, 0.1) is 6.92 Å². The summed E-state index contributed by atoms with van der Waals surface area (Å²) in [5.41, 5.74) is 2.94. The van der Waals surface area contributed by atoms with E-state index in [0.29, 0.717) is 18.7 Å². The minimum absolute atomic E-state index is 0.0487. The Balaban J connectivity index is 2.32. The monoisotopic (exact) mass is 291 g/mol. The van der Waals surface area contributed by atoms with Crippen LogP contribution < -0.4 is 0 Å². The lowest BCUT2D eigenvalue weighted by atomic mass is 10.1. The average Bonchev–Trinajstić information content (AvgIpc) is 2.79. The van der Waals surface area contributed by atoms with Gasteiger partial charge >= 0.3 is 5.97 Å². The SMILES string of the molecule is CSCCn1nnc(C(=O)O)c1Cc1cccc(C)c1. The molecule has 0 aliphatic heterocycles. The van der Waals surface area contributed by atoms with Gasteiger partial charge in [-0.05, 0) is 18.7 Å². The summed E-state index contributed by atoms with van der Waals surface area (Å²) in [7, 11) is 0. The Morgan fingerprint density at radius 2 is 2.25 bits per heavy atom. The fourth-order valence-electron chi connectivity index (χ4n) is 2.05. The number of rotatable bonds is 6. The molecule has 1 aromatic heterocycles. The zero-order chi connectivity index (χ0) is 14.5. The fraction of sp³-hybridized carbons (Fsp3) is 0.357. The van der Waals surface area contributed by atoms with Gasteiger partial charge in [0.15, 0.2) is 5.69 Å². The Morgan fingerprint density at radius 1 is 1.45 bits per heavy atom. The number of carboxylic acids is 1. The highest BCUT2D eigenvalue weighted by Crippen LogP contribution is 2.14. The second kappa shape index (κ2) is 6.56. The van der Waals surface area contributed by atoms with Crippen molar-refractivity contribution in [2.45, 2.75) is 19.9 Å². The number of hydrogen-bond acceptors (Lipinski definition) is 4. The fourth-order valence-corrected chi connectivity index (χ4v) is 2.40. The summed E-state index contributed by atoms with van der Waals surface area (Å²) in [6.45, 7) is 2.69. The van der Waals surface area contributed by atoms with Crippen molar-refractivity contribution in [3.8, 4) is 0 Å². The number of carboxylic acid groups (broad SMARTS) is 1. The lowest BCUT2D eigenvalue weighted by Gasteiger charge is -2.07. The molecule has 1 heterocycles. The third-order valence-electron chi connectivity index (χ3n) is 3.00. The van der Waals surface area contributed by atoms with Crippen LogP contribution in [-0.4, -0.2) is 38.1 Å². The number of benzene rings is 1. The normalized spacial score (nSPS) is 10.7. The molecule has 0 spiro atoms. The van der Waals surface area contributed by atoms with Gasteiger partial charge in [-0.2, -0.15) is 11.8 Å². The van der Waals surface area contributed by atoms with E-state index in [2.05, 4.69) is 16.4 Å². The van der Waals surface area contributed by atoms with Crippen molar-refractivity contribution in [2.75, 3.05) is 12.0 Å². The smallest absolute Gasteiger partial charge is 0.358 e. The van der Waals surface area contributed by atoms with Gasteiger partial charge in [-0.15, -0.1) is 5.10 Å². The van der Waals surface area contributed by atoms with Crippen molar-refractivity contribution >= 4 is 17.7 Å². The maximum Gasteiger partial charge on any atom is 0.358 e.